The fraction of sp³-hybridized carbons (Fsp3) is 0.0926. The van der Waals surface area contributed by atoms with Crippen molar-refractivity contribution in [3.8, 4) is 50.8 Å². The predicted molar refractivity (Wildman–Crippen MR) is 240 cm³/mol. The summed E-state index contributed by atoms with van der Waals surface area (Å²) in [5.74, 6) is 0. The number of benzene rings is 8. The summed E-state index contributed by atoms with van der Waals surface area (Å²) in [6.45, 7) is 8.35. The molecule has 0 aliphatic heterocycles. The van der Waals surface area contributed by atoms with Gasteiger partial charge in [0.1, 0.15) is 0 Å². The lowest BCUT2D eigenvalue weighted by molar-refractivity contribution is -0.137. The zero-order chi connectivity index (χ0) is 41.4. The third kappa shape index (κ3) is 5.88. The highest BCUT2D eigenvalue weighted by Gasteiger charge is 2.36. The molecule has 8 aromatic carbocycles. The van der Waals surface area contributed by atoms with Crippen molar-refractivity contribution in [2.45, 2.75) is 33.9 Å². The molecule has 0 amide bonds. The van der Waals surface area contributed by atoms with Crippen molar-refractivity contribution >= 4 is 43.6 Å². The lowest BCUT2D eigenvalue weighted by atomic mass is 9.93. The minimum atomic E-state index is -4.72. The van der Waals surface area contributed by atoms with E-state index < -0.39 is 11.7 Å². The van der Waals surface area contributed by atoms with E-state index in [1.165, 1.54) is 17.2 Å². The fourth-order valence-corrected chi connectivity index (χ4v) is 9.32. The van der Waals surface area contributed by atoms with Crippen molar-refractivity contribution in [2.75, 3.05) is 0 Å². The third-order valence-electron chi connectivity index (χ3n) is 12.0. The van der Waals surface area contributed by atoms with Crippen LogP contribution in [0.2, 0.25) is 0 Å². The third-order valence-corrected chi connectivity index (χ3v) is 12.0. The molecule has 10 aromatic rings. The molecule has 0 atom stereocenters. The van der Waals surface area contributed by atoms with Gasteiger partial charge in [0.15, 0.2) is 0 Å². The van der Waals surface area contributed by atoms with Crippen LogP contribution in [0.3, 0.4) is 0 Å². The van der Waals surface area contributed by atoms with E-state index in [1.807, 2.05) is 57.7 Å². The second-order valence-corrected chi connectivity index (χ2v) is 15.8. The van der Waals surface area contributed by atoms with Crippen LogP contribution in [0.1, 0.15) is 33.4 Å². The molecule has 0 aliphatic rings. The predicted octanol–water partition coefficient (Wildman–Crippen LogP) is 15.0. The highest BCUT2D eigenvalue weighted by molar-refractivity contribution is 6.13. The Morgan fingerprint density at radius 2 is 0.967 bits per heavy atom. The van der Waals surface area contributed by atoms with Crippen molar-refractivity contribution in [1.82, 2.24) is 9.13 Å². The molecular formula is C54H38F3N3. The maximum Gasteiger partial charge on any atom is 0.417 e. The molecule has 0 saturated heterocycles. The van der Waals surface area contributed by atoms with Gasteiger partial charge in [0, 0.05) is 32.7 Å². The molecule has 0 spiro atoms. The van der Waals surface area contributed by atoms with Crippen molar-refractivity contribution in [2.24, 2.45) is 0 Å². The molecule has 0 aliphatic carbocycles. The highest BCUT2D eigenvalue weighted by atomic mass is 19.4. The van der Waals surface area contributed by atoms with Gasteiger partial charge < -0.3 is 9.13 Å². The molecule has 2 heterocycles. The van der Waals surface area contributed by atoms with Gasteiger partial charge in [0.25, 0.3) is 0 Å². The van der Waals surface area contributed by atoms with Gasteiger partial charge in [-0.1, -0.05) is 102 Å². The number of aromatic nitrogens is 2. The average Bonchev–Trinajstić information content (AvgIpc) is 3.75. The normalized spacial score (nSPS) is 11.9. The lowest BCUT2D eigenvalue weighted by Gasteiger charge is -2.22. The largest absolute Gasteiger partial charge is 0.417 e. The minimum Gasteiger partial charge on any atom is -0.309 e. The fourth-order valence-electron chi connectivity index (χ4n) is 9.32. The summed E-state index contributed by atoms with van der Waals surface area (Å²) < 4.78 is 50.9. The Hall–Kier alpha value is -7.36. The van der Waals surface area contributed by atoms with Crippen LogP contribution in [-0.4, -0.2) is 9.13 Å². The Bertz CT molecular complexity index is 3430. The van der Waals surface area contributed by atoms with Gasteiger partial charge >= 0.3 is 6.18 Å². The Morgan fingerprint density at radius 1 is 0.450 bits per heavy atom. The van der Waals surface area contributed by atoms with Crippen LogP contribution < -0.4 is 0 Å². The van der Waals surface area contributed by atoms with Crippen molar-refractivity contribution in [1.29, 1.82) is 5.26 Å². The topological polar surface area (TPSA) is 33.6 Å². The Morgan fingerprint density at radius 3 is 1.48 bits per heavy atom. The van der Waals surface area contributed by atoms with Gasteiger partial charge in [-0.25, -0.2) is 0 Å². The SMILES string of the molecule is Cc1ccc(-c2ccc3c(c2)c2ccccc2n3-c2ccc(C#N)cc2-c2c(-n3c4ccccc4c4cc(-c5ccc(C)cc5C)ccc43)cccc2C(F)(F)F)c(C)c1. The molecule has 0 saturated carbocycles. The lowest BCUT2D eigenvalue weighted by Crippen LogP contribution is -2.11. The molecule has 0 fully saturated rings. The van der Waals surface area contributed by atoms with E-state index >= 15 is 13.2 Å². The molecule has 0 bridgehead atoms. The Kier molecular flexibility index (Phi) is 8.55. The zero-order valence-corrected chi connectivity index (χ0v) is 33.5. The number of nitrogens with zero attached hydrogens (tertiary/aromatic N) is 3. The molecule has 0 N–H and O–H groups in total. The molecule has 2 aromatic heterocycles. The van der Waals surface area contributed by atoms with Gasteiger partial charge in [-0.2, -0.15) is 18.4 Å². The summed E-state index contributed by atoms with van der Waals surface area (Å²) in [7, 11) is 0. The molecule has 0 unspecified atom stereocenters. The number of fused-ring (bicyclic) bond motifs is 6. The standard InChI is InChI=1S/C54H38F3N3/c1-32-16-21-39(34(3)26-32)37-19-24-49-43(29-37)41-10-5-7-13-47(41)59(49)51-23-18-36(31-58)28-45(51)53-46(54(55,56)57)12-9-15-52(53)60-48-14-8-6-11-42(48)44-30-38(20-25-50(44)60)40-22-17-33(2)27-35(40)4/h5-30H,1-4H3. The molecule has 10 rings (SSSR count). The van der Waals surface area contributed by atoms with Crippen LogP contribution in [0.25, 0.3) is 88.4 Å². The minimum absolute atomic E-state index is 0.00367. The summed E-state index contributed by atoms with van der Waals surface area (Å²) in [4.78, 5) is 0. The number of alkyl halides is 3. The summed E-state index contributed by atoms with van der Waals surface area (Å²) in [6, 6.07) is 52.9. The van der Waals surface area contributed by atoms with E-state index in [1.54, 1.807) is 24.3 Å². The molecule has 3 nitrogen and oxygen atoms in total. The van der Waals surface area contributed by atoms with E-state index in [0.29, 0.717) is 16.9 Å². The summed E-state index contributed by atoms with van der Waals surface area (Å²) in [5, 5.41) is 14.1. The second-order valence-electron chi connectivity index (χ2n) is 15.8. The maximum atomic E-state index is 15.6. The van der Waals surface area contributed by atoms with Crippen LogP contribution in [-0.2, 0) is 6.18 Å². The summed E-state index contributed by atoms with van der Waals surface area (Å²) in [6.07, 6.45) is -4.72. The van der Waals surface area contributed by atoms with Crippen molar-refractivity contribution in [3.63, 3.8) is 0 Å². The number of halogens is 3. The molecule has 0 radical (unpaired) electrons. The number of para-hydroxylation sites is 2. The number of hydrogen-bond donors (Lipinski definition) is 0. The van der Waals surface area contributed by atoms with E-state index in [4.69, 9.17) is 0 Å². The van der Waals surface area contributed by atoms with Gasteiger partial charge in [0.2, 0.25) is 0 Å². The first-order valence-electron chi connectivity index (χ1n) is 20.0. The first-order chi connectivity index (χ1) is 29.0. The number of hydrogen-bond acceptors (Lipinski definition) is 1. The van der Waals surface area contributed by atoms with Crippen LogP contribution in [0.5, 0.6) is 0 Å². The summed E-state index contributed by atoms with van der Waals surface area (Å²) >= 11 is 0. The van der Waals surface area contributed by atoms with Crippen LogP contribution in [0, 0.1) is 39.0 Å². The van der Waals surface area contributed by atoms with Crippen molar-refractivity contribution < 1.29 is 13.2 Å². The van der Waals surface area contributed by atoms with Crippen LogP contribution in [0.4, 0.5) is 13.2 Å². The number of aryl methyl sites for hydroxylation is 4. The number of nitriles is 1. The van der Waals surface area contributed by atoms with E-state index in [-0.39, 0.29) is 11.1 Å². The van der Waals surface area contributed by atoms with Gasteiger partial charge in [0.05, 0.1) is 50.6 Å². The van der Waals surface area contributed by atoms with Crippen LogP contribution in [0.15, 0.2) is 158 Å². The van der Waals surface area contributed by atoms with Crippen molar-refractivity contribution in [3.05, 3.63) is 191 Å². The van der Waals surface area contributed by atoms with E-state index in [9.17, 15) is 5.26 Å². The first kappa shape index (κ1) is 36.9. The second kappa shape index (κ2) is 13.9. The average molecular weight is 786 g/mol. The first-order valence-corrected chi connectivity index (χ1v) is 20.0. The Labute approximate surface area is 345 Å². The molecule has 60 heavy (non-hydrogen) atoms. The molecule has 290 valence electrons. The number of rotatable bonds is 5. The van der Waals surface area contributed by atoms with Gasteiger partial charge in [-0.15, -0.1) is 0 Å². The monoisotopic (exact) mass is 785 g/mol. The van der Waals surface area contributed by atoms with E-state index in [2.05, 4.69) is 107 Å². The van der Waals surface area contributed by atoms with Gasteiger partial charge in [-0.05, 0) is 128 Å². The summed E-state index contributed by atoms with van der Waals surface area (Å²) in [5.41, 5.74) is 12.9. The Balaban J connectivity index is 1.28. The maximum absolute atomic E-state index is 15.6. The smallest absolute Gasteiger partial charge is 0.309 e. The zero-order valence-electron chi connectivity index (χ0n) is 33.5. The quantitative estimate of drug-likeness (QED) is 0.171. The molecular weight excluding hydrogens is 748 g/mol. The van der Waals surface area contributed by atoms with Crippen LogP contribution >= 0.6 is 0 Å². The molecule has 6 heteroatoms. The van der Waals surface area contributed by atoms with Gasteiger partial charge in [-0.3, -0.25) is 0 Å². The van der Waals surface area contributed by atoms with E-state index in [0.717, 1.165) is 83.1 Å². The highest BCUT2D eigenvalue weighted by Crippen LogP contribution is 2.47.